The van der Waals surface area contributed by atoms with E-state index in [0.717, 1.165) is 6.42 Å². The van der Waals surface area contributed by atoms with Gasteiger partial charge in [-0.1, -0.05) is 0 Å². The van der Waals surface area contributed by atoms with E-state index in [1.165, 1.54) is 26.4 Å². The third kappa shape index (κ3) is 3.26. The van der Waals surface area contributed by atoms with E-state index in [0.29, 0.717) is 25.3 Å². The van der Waals surface area contributed by atoms with Crippen LogP contribution in [0.3, 0.4) is 0 Å². The van der Waals surface area contributed by atoms with Crippen molar-refractivity contribution in [1.29, 1.82) is 0 Å². The Kier molecular flexibility index (Phi) is 4.67. The molecule has 1 saturated heterocycles. The summed E-state index contributed by atoms with van der Waals surface area (Å²) in [5.74, 6) is -0.530. The van der Waals surface area contributed by atoms with Gasteiger partial charge in [0, 0.05) is 19.2 Å². The number of carbonyl (C=O) groups is 2. The number of hydrogen-bond donors (Lipinski definition) is 1. The summed E-state index contributed by atoms with van der Waals surface area (Å²) in [6, 6.07) is 4.54. The van der Waals surface area contributed by atoms with Crippen LogP contribution in [0.5, 0.6) is 11.5 Å². The molecule has 0 aliphatic carbocycles. The summed E-state index contributed by atoms with van der Waals surface area (Å²) in [6.07, 6.45) is 1.45. The number of piperidine rings is 1. The molecule has 6 nitrogen and oxygen atoms in total. The zero-order chi connectivity index (χ0) is 15.4. The quantitative estimate of drug-likeness (QED) is 0.853. The molecule has 114 valence electrons. The molecule has 1 heterocycles. The number of ether oxygens (including phenoxy) is 2. The Labute approximate surface area is 123 Å². The van der Waals surface area contributed by atoms with Crippen LogP contribution in [0.25, 0.3) is 0 Å². The number of phenolic OH excluding ortho intramolecular Hbond substituents is 1. The first-order chi connectivity index (χ1) is 10.1. The van der Waals surface area contributed by atoms with E-state index in [9.17, 15) is 14.7 Å². The van der Waals surface area contributed by atoms with Gasteiger partial charge in [-0.25, -0.2) is 0 Å². The molecule has 1 aromatic carbocycles. The predicted octanol–water partition coefficient (Wildman–Crippen LogP) is 1.43. The summed E-state index contributed by atoms with van der Waals surface area (Å²) in [5, 5.41) is 9.93. The molecule has 1 N–H and O–H groups in total. The number of hydrogen-bond acceptors (Lipinski definition) is 5. The summed E-state index contributed by atoms with van der Waals surface area (Å²) in [6.45, 7) is 0.884. The Morgan fingerprint density at radius 2 is 2.10 bits per heavy atom. The van der Waals surface area contributed by atoms with Crippen LogP contribution in [0.15, 0.2) is 18.2 Å². The van der Waals surface area contributed by atoms with E-state index in [-0.39, 0.29) is 29.1 Å². The molecule has 0 saturated carbocycles. The summed E-state index contributed by atoms with van der Waals surface area (Å²) in [4.78, 5) is 25.6. The van der Waals surface area contributed by atoms with E-state index in [1.807, 2.05) is 0 Å². The van der Waals surface area contributed by atoms with Gasteiger partial charge in [0.2, 0.25) is 0 Å². The van der Waals surface area contributed by atoms with Gasteiger partial charge in [-0.05, 0) is 25.0 Å². The van der Waals surface area contributed by atoms with E-state index in [1.54, 1.807) is 11.0 Å². The van der Waals surface area contributed by atoms with Gasteiger partial charge < -0.3 is 19.5 Å². The van der Waals surface area contributed by atoms with E-state index in [2.05, 4.69) is 0 Å². The largest absolute Gasteiger partial charge is 0.507 e. The third-order valence-corrected chi connectivity index (χ3v) is 3.68. The molecule has 1 aliphatic rings. The van der Waals surface area contributed by atoms with Crippen LogP contribution in [-0.2, 0) is 9.53 Å². The number of methoxy groups -OCH3 is 2. The molecule has 21 heavy (non-hydrogen) atoms. The van der Waals surface area contributed by atoms with Crippen molar-refractivity contribution in [3.8, 4) is 11.5 Å². The average molecular weight is 293 g/mol. The molecule has 6 heteroatoms. The number of phenols is 1. The Hall–Kier alpha value is -2.24. The normalized spacial score (nSPS) is 18.2. The van der Waals surface area contributed by atoms with E-state index < -0.39 is 0 Å². The van der Waals surface area contributed by atoms with Gasteiger partial charge in [-0.15, -0.1) is 0 Å². The summed E-state index contributed by atoms with van der Waals surface area (Å²) < 4.78 is 9.73. The van der Waals surface area contributed by atoms with Gasteiger partial charge in [-0.2, -0.15) is 0 Å². The molecular weight excluding hydrogens is 274 g/mol. The maximum Gasteiger partial charge on any atom is 0.310 e. The van der Waals surface area contributed by atoms with E-state index in [4.69, 9.17) is 9.47 Å². The number of aromatic hydroxyl groups is 1. The highest BCUT2D eigenvalue weighted by molar-refractivity contribution is 5.97. The molecule has 1 aliphatic heterocycles. The average Bonchev–Trinajstić information content (AvgIpc) is 2.53. The fourth-order valence-corrected chi connectivity index (χ4v) is 2.51. The molecule has 2 rings (SSSR count). The van der Waals surface area contributed by atoms with Crippen molar-refractivity contribution < 1.29 is 24.2 Å². The number of esters is 1. The SMILES string of the molecule is COC(=O)[C@H]1CCCN(C(=O)c2ccc(OC)cc2O)C1. The fourth-order valence-electron chi connectivity index (χ4n) is 2.51. The van der Waals surface area contributed by atoms with Crippen molar-refractivity contribution in [1.82, 2.24) is 4.90 Å². The standard InChI is InChI=1S/C15H19NO5/c1-20-11-5-6-12(13(17)8-11)14(18)16-7-3-4-10(9-16)15(19)21-2/h5-6,8,10,17H,3-4,7,9H2,1-2H3/t10-/m0/s1. The molecule has 0 bridgehead atoms. The lowest BCUT2D eigenvalue weighted by atomic mass is 9.97. The molecule has 1 atom stereocenters. The minimum atomic E-state index is -0.300. The zero-order valence-corrected chi connectivity index (χ0v) is 12.2. The van der Waals surface area contributed by atoms with Gasteiger partial charge >= 0.3 is 5.97 Å². The van der Waals surface area contributed by atoms with Crippen molar-refractivity contribution in [3.05, 3.63) is 23.8 Å². The highest BCUT2D eigenvalue weighted by Crippen LogP contribution is 2.26. The van der Waals surface area contributed by atoms with Crippen molar-refractivity contribution in [3.63, 3.8) is 0 Å². The van der Waals surface area contributed by atoms with Crippen LogP contribution >= 0.6 is 0 Å². The van der Waals surface area contributed by atoms with Gasteiger partial charge in [0.05, 0.1) is 25.7 Å². The first kappa shape index (κ1) is 15.2. The Balaban J connectivity index is 2.14. The number of amides is 1. The zero-order valence-electron chi connectivity index (χ0n) is 12.2. The first-order valence-corrected chi connectivity index (χ1v) is 6.81. The van der Waals surface area contributed by atoms with Crippen molar-refractivity contribution in [2.45, 2.75) is 12.8 Å². The third-order valence-electron chi connectivity index (χ3n) is 3.68. The van der Waals surface area contributed by atoms with Crippen LogP contribution in [0, 0.1) is 5.92 Å². The minimum Gasteiger partial charge on any atom is -0.507 e. The fraction of sp³-hybridized carbons (Fsp3) is 0.467. The molecule has 1 aromatic rings. The second kappa shape index (κ2) is 6.47. The van der Waals surface area contributed by atoms with Gasteiger partial charge in [0.25, 0.3) is 5.91 Å². The van der Waals surface area contributed by atoms with Gasteiger partial charge in [0.15, 0.2) is 0 Å². The Morgan fingerprint density at radius 1 is 1.33 bits per heavy atom. The number of rotatable bonds is 3. The molecule has 0 radical (unpaired) electrons. The number of benzene rings is 1. The summed E-state index contributed by atoms with van der Waals surface area (Å²) >= 11 is 0. The van der Waals surface area contributed by atoms with Crippen molar-refractivity contribution in [2.75, 3.05) is 27.3 Å². The second-order valence-electron chi connectivity index (χ2n) is 5.00. The van der Waals surface area contributed by atoms with Gasteiger partial charge in [0.1, 0.15) is 11.5 Å². The maximum absolute atomic E-state index is 12.4. The lowest BCUT2D eigenvalue weighted by Crippen LogP contribution is -2.42. The molecule has 1 amide bonds. The van der Waals surface area contributed by atoms with E-state index >= 15 is 0 Å². The minimum absolute atomic E-state index is 0.125. The summed E-state index contributed by atoms with van der Waals surface area (Å²) in [7, 11) is 2.83. The molecule has 1 fully saturated rings. The van der Waals surface area contributed by atoms with Crippen molar-refractivity contribution in [2.24, 2.45) is 5.92 Å². The van der Waals surface area contributed by atoms with Crippen LogP contribution in [0.2, 0.25) is 0 Å². The first-order valence-electron chi connectivity index (χ1n) is 6.81. The Morgan fingerprint density at radius 3 is 2.71 bits per heavy atom. The summed E-state index contributed by atoms with van der Waals surface area (Å²) in [5.41, 5.74) is 0.210. The molecule has 0 aromatic heterocycles. The smallest absolute Gasteiger partial charge is 0.310 e. The lowest BCUT2D eigenvalue weighted by molar-refractivity contribution is -0.146. The molecule has 0 spiro atoms. The topological polar surface area (TPSA) is 76.1 Å². The van der Waals surface area contributed by atoms with Crippen LogP contribution < -0.4 is 4.74 Å². The maximum atomic E-state index is 12.4. The predicted molar refractivity (Wildman–Crippen MR) is 75.3 cm³/mol. The van der Waals surface area contributed by atoms with Gasteiger partial charge in [-0.3, -0.25) is 9.59 Å². The Bertz CT molecular complexity index is 543. The number of carbonyl (C=O) groups excluding carboxylic acids is 2. The highest BCUT2D eigenvalue weighted by Gasteiger charge is 2.30. The number of nitrogens with zero attached hydrogens (tertiary/aromatic N) is 1. The highest BCUT2D eigenvalue weighted by atomic mass is 16.5. The van der Waals surface area contributed by atoms with Crippen LogP contribution in [-0.4, -0.2) is 49.2 Å². The van der Waals surface area contributed by atoms with Crippen LogP contribution in [0.1, 0.15) is 23.2 Å². The molecular formula is C15H19NO5. The monoisotopic (exact) mass is 293 g/mol. The number of likely N-dealkylation sites (tertiary alicyclic amines) is 1. The van der Waals surface area contributed by atoms with Crippen LogP contribution in [0.4, 0.5) is 0 Å². The second-order valence-corrected chi connectivity index (χ2v) is 5.00. The van der Waals surface area contributed by atoms with Crippen molar-refractivity contribution >= 4 is 11.9 Å². The molecule has 0 unspecified atom stereocenters. The lowest BCUT2D eigenvalue weighted by Gasteiger charge is -2.31.